The summed E-state index contributed by atoms with van der Waals surface area (Å²) in [6.45, 7) is 5.54. The molecule has 0 radical (unpaired) electrons. The van der Waals surface area contributed by atoms with E-state index in [0.717, 1.165) is 0 Å². The molecular weight excluding hydrogens is 278 g/mol. The molecule has 1 aromatic rings. The number of carbonyl (C=O) groups is 1. The second-order valence-corrected chi connectivity index (χ2v) is 5.51. The molecule has 0 heterocycles. The third kappa shape index (κ3) is 5.16. The summed E-state index contributed by atoms with van der Waals surface area (Å²) in [4.78, 5) is 15.6. The molecule has 4 N–H and O–H groups in total. The lowest BCUT2D eigenvalue weighted by Gasteiger charge is -2.20. The Morgan fingerprint density at radius 1 is 1.45 bits per heavy atom. The van der Waals surface area contributed by atoms with Gasteiger partial charge in [-0.15, -0.1) is 0 Å². The molecule has 0 aliphatic rings. The van der Waals surface area contributed by atoms with Crippen molar-refractivity contribution in [3.8, 4) is 6.07 Å². The van der Waals surface area contributed by atoms with E-state index in [1.54, 1.807) is 6.07 Å². The van der Waals surface area contributed by atoms with E-state index >= 15 is 0 Å². The number of halogens is 1. The van der Waals surface area contributed by atoms with Crippen molar-refractivity contribution in [1.29, 1.82) is 5.26 Å². The van der Waals surface area contributed by atoms with Gasteiger partial charge in [-0.3, -0.25) is 5.32 Å². The summed E-state index contributed by atoms with van der Waals surface area (Å²) in [6, 6.07) is 6.11. The zero-order valence-corrected chi connectivity index (χ0v) is 12.2. The summed E-state index contributed by atoms with van der Waals surface area (Å²) in [5, 5.41) is 14.1. The predicted molar refractivity (Wildman–Crippen MR) is 78.9 cm³/mol. The molecule has 0 aliphatic heterocycles. The lowest BCUT2D eigenvalue weighted by Crippen LogP contribution is -2.50. The Kier molecular flexibility index (Phi) is 4.94. The molecule has 1 rings (SSSR count). The number of carbonyl (C=O) groups excluding carboxylic acids is 1. The zero-order chi connectivity index (χ0) is 15.3. The Hall–Kier alpha value is -2.26. The summed E-state index contributed by atoms with van der Waals surface area (Å²) in [6.07, 6.45) is 0. The fourth-order valence-electron chi connectivity index (χ4n) is 1.32. The van der Waals surface area contributed by atoms with Gasteiger partial charge in [-0.25, -0.2) is 9.79 Å². The number of aliphatic imine (C=N–C) groups is 1. The summed E-state index contributed by atoms with van der Waals surface area (Å²) in [5.74, 6) is -0.0625. The SMILES string of the molecule is CC(C)(C)NC(=O)NC(N)=Nc1ccc(C#N)c(Cl)c1. The second kappa shape index (κ2) is 6.26. The summed E-state index contributed by atoms with van der Waals surface area (Å²) in [5.41, 5.74) is 6.04. The smallest absolute Gasteiger partial charge is 0.321 e. The molecule has 6 nitrogen and oxygen atoms in total. The molecule has 106 valence electrons. The standard InChI is InChI=1S/C13H16ClN5O/c1-13(2,3)19-12(20)18-11(16)17-9-5-4-8(7-15)10(14)6-9/h4-6H,1-3H3,(H4,16,17,18,19,20). The number of nitrogens with zero attached hydrogens (tertiary/aromatic N) is 2. The lowest BCUT2D eigenvalue weighted by molar-refractivity contribution is 0.236. The summed E-state index contributed by atoms with van der Waals surface area (Å²) < 4.78 is 0. The van der Waals surface area contributed by atoms with Crippen LogP contribution in [0.4, 0.5) is 10.5 Å². The minimum Gasteiger partial charge on any atom is -0.369 e. The highest BCUT2D eigenvalue weighted by Crippen LogP contribution is 2.21. The molecule has 7 heteroatoms. The normalized spacial score (nSPS) is 11.7. The van der Waals surface area contributed by atoms with Crippen molar-refractivity contribution in [2.24, 2.45) is 10.7 Å². The van der Waals surface area contributed by atoms with E-state index in [1.807, 2.05) is 26.8 Å². The van der Waals surface area contributed by atoms with Crippen molar-refractivity contribution in [2.45, 2.75) is 26.3 Å². The minimum atomic E-state index is -0.446. The van der Waals surface area contributed by atoms with Crippen LogP contribution in [0.15, 0.2) is 23.2 Å². The molecule has 1 aromatic carbocycles. The molecule has 0 unspecified atom stereocenters. The van der Waals surface area contributed by atoms with Gasteiger partial charge in [-0.05, 0) is 39.0 Å². The Morgan fingerprint density at radius 2 is 2.10 bits per heavy atom. The Labute approximate surface area is 122 Å². The van der Waals surface area contributed by atoms with Crippen molar-refractivity contribution in [2.75, 3.05) is 0 Å². The van der Waals surface area contributed by atoms with E-state index in [0.29, 0.717) is 11.3 Å². The third-order valence-electron chi connectivity index (χ3n) is 2.05. The van der Waals surface area contributed by atoms with Gasteiger partial charge in [-0.1, -0.05) is 11.6 Å². The number of urea groups is 1. The largest absolute Gasteiger partial charge is 0.369 e. The molecule has 0 aromatic heterocycles. The van der Waals surface area contributed by atoms with Gasteiger partial charge in [0.05, 0.1) is 16.3 Å². The zero-order valence-electron chi connectivity index (χ0n) is 11.5. The van der Waals surface area contributed by atoms with Crippen molar-refractivity contribution in [1.82, 2.24) is 10.6 Å². The van der Waals surface area contributed by atoms with Gasteiger partial charge < -0.3 is 11.1 Å². The van der Waals surface area contributed by atoms with Gasteiger partial charge in [0.15, 0.2) is 0 Å². The quantitative estimate of drug-likeness (QED) is 0.546. The maximum absolute atomic E-state index is 11.6. The molecule has 2 amide bonds. The van der Waals surface area contributed by atoms with Gasteiger partial charge in [0.1, 0.15) is 6.07 Å². The first-order chi connectivity index (χ1) is 9.21. The number of nitriles is 1. The fourth-order valence-corrected chi connectivity index (χ4v) is 1.54. The molecule has 0 aliphatic carbocycles. The second-order valence-electron chi connectivity index (χ2n) is 5.10. The summed E-state index contributed by atoms with van der Waals surface area (Å²) in [7, 11) is 0. The monoisotopic (exact) mass is 293 g/mol. The number of amides is 2. The number of rotatable bonds is 1. The van der Waals surface area contributed by atoms with Crippen molar-refractivity contribution in [3.05, 3.63) is 28.8 Å². The van der Waals surface area contributed by atoms with Gasteiger partial charge in [0.2, 0.25) is 5.96 Å². The molecule has 0 spiro atoms. The van der Waals surface area contributed by atoms with E-state index in [4.69, 9.17) is 22.6 Å². The lowest BCUT2D eigenvalue weighted by atomic mass is 10.1. The van der Waals surface area contributed by atoms with Crippen molar-refractivity contribution >= 4 is 29.3 Å². The molecular formula is C13H16ClN5O. The highest BCUT2D eigenvalue weighted by molar-refractivity contribution is 6.32. The third-order valence-corrected chi connectivity index (χ3v) is 2.37. The first kappa shape index (κ1) is 15.8. The van der Waals surface area contributed by atoms with Crippen LogP contribution >= 0.6 is 11.6 Å². The van der Waals surface area contributed by atoms with Gasteiger partial charge in [-0.2, -0.15) is 5.26 Å². The van der Waals surface area contributed by atoms with E-state index in [-0.39, 0.29) is 16.5 Å². The average Bonchev–Trinajstić information content (AvgIpc) is 2.25. The van der Waals surface area contributed by atoms with Crippen LogP contribution in [0.1, 0.15) is 26.3 Å². The van der Waals surface area contributed by atoms with E-state index < -0.39 is 6.03 Å². The molecule has 0 fully saturated rings. The number of nitrogens with two attached hydrogens (primary N) is 1. The molecule has 0 atom stereocenters. The van der Waals surface area contributed by atoms with Crippen LogP contribution in [0.25, 0.3) is 0 Å². The van der Waals surface area contributed by atoms with Crippen LogP contribution in [0.2, 0.25) is 5.02 Å². The maximum Gasteiger partial charge on any atom is 0.321 e. The highest BCUT2D eigenvalue weighted by Gasteiger charge is 2.13. The predicted octanol–water partition coefficient (Wildman–Crippen LogP) is 2.26. The van der Waals surface area contributed by atoms with E-state index in [1.165, 1.54) is 12.1 Å². The first-order valence-corrected chi connectivity index (χ1v) is 6.22. The van der Waals surface area contributed by atoms with Crippen molar-refractivity contribution in [3.63, 3.8) is 0 Å². The number of hydrogen-bond donors (Lipinski definition) is 3. The Balaban J connectivity index is 2.77. The highest BCUT2D eigenvalue weighted by atomic mass is 35.5. The topological polar surface area (TPSA) is 103 Å². The molecule has 0 saturated heterocycles. The van der Waals surface area contributed by atoms with Crippen LogP contribution < -0.4 is 16.4 Å². The van der Waals surface area contributed by atoms with Crippen LogP contribution in [0.3, 0.4) is 0 Å². The summed E-state index contributed by atoms with van der Waals surface area (Å²) >= 11 is 5.87. The van der Waals surface area contributed by atoms with Gasteiger partial charge in [0, 0.05) is 5.54 Å². The van der Waals surface area contributed by atoms with Crippen LogP contribution in [-0.4, -0.2) is 17.5 Å². The number of guanidine groups is 1. The van der Waals surface area contributed by atoms with Crippen LogP contribution in [-0.2, 0) is 0 Å². The van der Waals surface area contributed by atoms with E-state index in [2.05, 4.69) is 15.6 Å². The number of hydrogen-bond acceptors (Lipinski definition) is 3. The molecule has 0 saturated carbocycles. The van der Waals surface area contributed by atoms with Crippen LogP contribution in [0, 0.1) is 11.3 Å². The Bertz CT molecular complexity index is 583. The fraction of sp³-hybridized carbons (Fsp3) is 0.308. The number of nitrogens with one attached hydrogen (secondary N) is 2. The maximum atomic E-state index is 11.6. The van der Waals surface area contributed by atoms with Gasteiger partial charge >= 0.3 is 6.03 Å². The van der Waals surface area contributed by atoms with E-state index in [9.17, 15) is 4.79 Å². The number of benzene rings is 1. The van der Waals surface area contributed by atoms with Crippen molar-refractivity contribution < 1.29 is 4.79 Å². The minimum absolute atomic E-state index is 0.0625. The van der Waals surface area contributed by atoms with Crippen LogP contribution in [0.5, 0.6) is 0 Å². The Morgan fingerprint density at radius 3 is 2.60 bits per heavy atom. The first-order valence-electron chi connectivity index (χ1n) is 5.84. The molecule has 0 bridgehead atoms. The average molecular weight is 294 g/mol. The van der Waals surface area contributed by atoms with Gasteiger partial charge in [0.25, 0.3) is 0 Å². The molecule has 20 heavy (non-hydrogen) atoms.